The molecule has 1 aliphatic heterocycles. The molecule has 0 spiro atoms. The van der Waals surface area contributed by atoms with Crippen molar-refractivity contribution in [3.63, 3.8) is 0 Å². The first kappa shape index (κ1) is 27.2. The van der Waals surface area contributed by atoms with Crippen molar-refractivity contribution >= 4 is 40.7 Å². The van der Waals surface area contributed by atoms with E-state index >= 15 is 0 Å². The van der Waals surface area contributed by atoms with Gasteiger partial charge < -0.3 is 19.3 Å². The molecule has 0 radical (unpaired) electrons. The summed E-state index contributed by atoms with van der Waals surface area (Å²) < 4.78 is 18.2. The Kier molecular flexibility index (Phi) is 7.77. The number of ether oxygens (including phenoxy) is 3. The number of hydrogen-bond acceptors (Lipinski definition) is 8. The molecule has 10 heteroatoms. The van der Waals surface area contributed by atoms with Crippen LogP contribution in [0.2, 0.25) is 5.02 Å². The molecule has 8 nitrogen and oxygen atoms in total. The second-order valence-corrected chi connectivity index (χ2v) is 10.2. The molecule has 0 amide bonds. The Morgan fingerprint density at radius 2 is 1.82 bits per heavy atom. The molecule has 4 aromatic rings. The normalized spacial score (nSPS) is 14.9. The highest BCUT2D eigenvalue weighted by atomic mass is 35.5. The number of methoxy groups -OCH3 is 2. The van der Waals surface area contributed by atoms with E-state index < -0.39 is 17.6 Å². The molecule has 0 aliphatic carbocycles. The Morgan fingerprint density at radius 1 is 1.07 bits per heavy atom. The Balaban J connectivity index is 1.86. The van der Waals surface area contributed by atoms with Crippen molar-refractivity contribution in [2.45, 2.75) is 13.0 Å². The van der Waals surface area contributed by atoms with Crippen molar-refractivity contribution in [3.8, 4) is 17.2 Å². The van der Waals surface area contributed by atoms with Crippen molar-refractivity contribution in [2.24, 2.45) is 4.99 Å². The van der Waals surface area contributed by atoms with Crippen molar-refractivity contribution < 1.29 is 24.1 Å². The molecule has 0 bridgehead atoms. The first-order valence-electron chi connectivity index (χ1n) is 12.3. The lowest BCUT2D eigenvalue weighted by Gasteiger charge is -2.26. The standard InChI is InChI=1S/C30H25ClN2O6S/c1-4-39-29(36)25-26(17-8-6-5-7-9-17)32-30-33(27(25)18-10-13-22(37-2)23(15-18)38-3)28(35)24(40-30)16-19-14-20(31)11-12-21(19)34/h5-16,27,34H,4H2,1-3H3/b24-16-/t27-/m1/s1. The van der Waals surface area contributed by atoms with E-state index in [-0.39, 0.29) is 17.9 Å². The predicted octanol–water partition coefficient (Wildman–Crippen LogP) is 4.31. The van der Waals surface area contributed by atoms with Crippen LogP contribution in [0.5, 0.6) is 17.2 Å². The van der Waals surface area contributed by atoms with Crippen LogP contribution in [0, 0.1) is 0 Å². The summed E-state index contributed by atoms with van der Waals surface area (Å²) in [6, 6.07) is 18.2. The van der Waals surface area contributed by atoms with Gasteiger partial charge in [-0.05, 0) is 48.9 Å². The Labute approximate surface area is 238 Å². The second kappa shape index (κ2) is 11.4. The van der Waals surface area contributed by atoms with E-state index in [1.807, 2.05) is 30.3 Å². The van der Waals surface area contributed by atoms with Crippen LogP contribution in [0.25, 0.3) is 11.8 Å². The lowest BCUT2D eigenvalue weighted by molar-refractivity contribution is -0.138. The molecular weight excluding hydrogens is 552 g/mol. The second-order valence-electron chi connectivity index (χ2n) is 8.75. The topological polar surface area (TPSA) is 99.4 Å². The summed E-state index contributed by atoms with van der Waals surface area (Å²) in [7, 11) is 3.05. The summed E-state index contributed by atoms with van der Waals surface area (Å²) in [4.78, 5) is 32.8. The van der Waals surface area contributed by atoms with Gasteiger partial charge in [0, 0.05) is 16.1 Å². The first-order valence-corrected chi connectivity index (χ1v) is 13.5. The number of rotatable bonds is 7. The van der Waals surface area contributed by atoms with E-state index in [2.05, 4.69) is 0 Å². The third kappa shape index (κ3) is 5.01. The van der Waals surface area contributed by atoms with Crippen LogP contribution >= 0.6 is 22.9 Å². The highest BCUT2D eigenvalue weighted by molar-refractivity contribution is 7.07. The highest BCUT2D eigenvalue weighted by Gasteiger charge is 2.35. The molecule has 0 saturated heterocycles. The van der Waals surface area contributed by atoms with Gasteiger partial charge >= 0.3 is 5.97 Å². The SMILES string of the molecule is CCOC(=O)C1=C(c2ccccc2)N=c2s/c(=C\c3cc(Cl)ccc3O)c(=O)n2[C@@H]1c1ccc(OC)c(OC)c1. The highest BCUT2D eigenvalue weighted by Crippen LogP contribution is 2.38. The summed E-state index contributed by atoms with van der Waals surface area (Å²) in [5.41, 5.74) is 1.90. The molecular formula is C30H25ClN2O6S. The molecule has 3 aromatic carbocycles. The zero-order valence-corrected chi connectivity index (χ0v) is 23.5. The van der Waals surface area contributed by atoms with Gasteiger partial charge in [-0.2, -0.15) is 0 Å². The van der Waals surface area contributed by atoms with Crippen molar-refractivity contribution in [2.75, 3.05) is 20.8 Å². The van der Waals surface area contributed by atoms with E-state index in [1.54, 1.807) is 43.3 Å². The average molecular weight is 577 g/mol. The van der Waals surface area contributed by atoms with Crippen LogP contribution in [0.1, 0.15) is 29.7 Å². The maximum absolute atomic E-state index is 14.0. The van der Waals surface area contributed by atoms with Crippen molar-refractivity contribution in [1.29, 1.82) is 0 Å². The molecule has 204 valence electrons. The molecule has 0 fully saturated rings. The number of halogens is 1. The van der Waals surface area contributed by atoms with Gasteiger partial charge in [0.05, 0.1) is 42.7 Å². The van der Waals surface area contributed by atoms with Crippen molar-refractivity contribution in [3.05, 3.63) is 114 Å². The molecule has 0 saturated carbocycles. The Bertz CT molecular complexity index is 1810. The average Bonchev–Trinajstić information content (AvgIpc) is 3.28. The van der Waals surface area contributed by atoms with E-state index in [0.717, 1.165) is 11.3 Å². The number of nitrogens with zero attached hydrogens (tertiary/aromatic N) is 2. The number of phenolic OH excluding ortho intramolecular Hbond substituents is 1. The zero-order chi connectivity index (χ0) is 28.4. The smallest absolute Gasteiger partial charge is 0.338 e. The molecule has 1 N–H and O–H groups in total. The van der Waals surface area contributed by atoms with Gasteiger partial charge in [0.25, 0.3) is 5.56 Å². The van der Waals surface area contributed by atoms with E-state index in [9.17, 15) is 14.7 Å². The van der Waals surface area contributed by atoms with Gasteiger partial charge in [0.15, 0.2) is 16.3 Å². The Hall–Kier alpha value is -4.34. The number of esters is 1. The number of aromatic nitrogens is 1. The van der Waals surface area contributed by atoms with Crippen LogP contribution in [0.4, 0.5) is 0 Å². The van der Waals surface area contributed by atoms with Crippen LogP contribution in [0.3, 0.4) is 0 Å². The van der Waals surface area contributed by atoms with E-state index in [4.69, 9.17) is 30.8 Å². The van der Waals surface area contributed by atoms with E-state index in [1.165, 1.54) is 24.9 Å². The summed E-state index contributed by atoms with van der Waals surface area (Å²) in [5, 5.41) is 10.8. The minimum atomic E-state index is -0.888. The molecule has 1 atom stereocenters. The summed E-state index contributed by atoms with van der Waals surface area (Å²) >= 11 is 7.29. The zero-order valence-electron chi connectivity index (χ0n) is 21.9. The number of phenols is 1. The van der Waals surface area contributed by atoms with Crippen molar-refractivity contribution in [1.82, 2.24) is 4.57 Å². The fourth-order valence-electron chi connectivity index (χ4n) is 4.56. The first-order chi connectivity index (χ1) is 19.4. The van der Waals surface area contributed by atoms with Gasteiger partial charge in [-0.1, -0.05) is 59.3 Å². The molecule has 0 unspecified atom stereocenters. The molecule has 1 aliphatic rings. The third-order valence-corrected chi connectivity index (χ3v) is 7.59. The largest absolute Gasteiger partial charge is 0.507 e. The van der Waals surface area contributed by atoms with Gasteiger partial charge in [0.1, 0.15) is 5.75 Å². The number of benzene rings is 3. The van der Waals surface area contributed by atoms with E-state index in [0.29, 0.717) is 48.2 Å². The minimum absolute atomic E-state index is 0.0242. The molecule has 2 heterocycles. The fraction of sp³-hybridized carbons (Fsp3) is 0.167. The Morgan fingerprint density at radius 3 is 2.52 bits per heavy atom. The molecule has 40 heavy (non-hydrogen) atoms. The van der Waals surface area contributed by atoms with Crippen LogP contribution in [0.15, 0.2) is 82.1 Å². The third-order valence-electron chi connectivity index (χ3n) is 6.37. The summed E-state index contributed by atoms with van der Waals surface area (Å²) in [5.74, 6) is 0.322. The number of hydrogen-bond donors (Lipinski definition) is 1. The van der Waals surface area contributed by atoms with Gasteiger partial charge in [-0.3, -0.25) is 9.36 Å². The summed E-state index contributed by atoms with van der Waals surface area (Å²) in [6.45, 7) is 1.86. The number of carbonyl (C=O) groups excluding carboxylic acids is 1. The van der Waals surface area contributed by atoms with Gasteiger partial charge in [0.2, 0.25) is 0 Å². The maximum Gasteiger partial charge on any atom is 0.338 e. The van der Waals surface area contributed by atoms with Crippen LogP contribution < -0.4 is 24.4 Å². The minimum Gasteiger partial charge on any atom is -0.507 e. The molecule has 1 aromatic heterocycles. The number of thiazole rings is 1. The quantitative estimate of drug-likeness (QED) is 0.329. The number of carbonyl (C=O) groups is 1. The van der Waals surface area contributed by atoms with Crippen LogP contribution in [-0.2, 0) is 9.53 Å². The number of fused-ring (bicyclic) bond motifs is 1. The molecule has 5 rings (SSSR count). The summed E-state index contributed by atoms with van der Waals surface area (Å²) in [6.07, 6.45) is 1.56. The monoisotopic (exact) mass is 576 g/mol. The lowest BCUT2D eigenvalue weighted by atomic mass is 9.93. The maximum atomic E-state index is 14.0. The fourth-order valence-corrected chi connectivity index (χ4v) is 5.73. The predicted molar refractivity (Wildman–Crippen MR) is 154 cm³/mol. The van der Waals surface area contributed by atoms with Gasteiger partial charge in [-0.15, -0.1) is 0 Å². The number of aromatic hydroxyl groups is 1. The van der Waals surface area contributed by atoms with Crippen LogP contribution in [-0.4, -0.2) is 36.5 Å². The van der Waals surface area contributed by atoms with Gasteiger partial charge in [-0.25, -0.2) is 9.79 Å². The lowest BCUT2D eigenvalue weighted by Crippen LogP contribution is -2.40.